The highest BCUT2D eigenvalue weighted by Gasteiger charge is 2.39. The van der Waals surface area contributed by atoms with E-state index in [1.165, 1.54) is 15.9 Å². The molecular formula is C25H21N2O7PS. The molecule has 0 atom stereocenters. The summed E-state index contributed by atoms with van der Waals surface area (Å²) in [6.07, 6.45) is 0. The summed E-state index contributed by atoms with van der Waals surface area (Å²) in [6.45, 7) is 2.41. The Labute approximate surface area is 208 Å². The van der Waals surface area contributed by atoms with E-state index in [1.54, 1.807) is 0 Å². The van der Waals surface area contributed by atoms with Gasteiger partial charge in [-0.2, -0.15) is 0 Å². The van der Waals surface area contributed by atoms with Crippen molar-refractivity contribution in [2.75, 3.05) is 6.66 Å². The highest BCUT2D eigenvalue weighted by molar-refractivity contribution is 7.95. The molecule has 4 aromatic rings. The van der Waals surface area contributed by atoms with E-state index in [-0.39, 0.29) is 0 Å². The molecule has 184 valence electrons. The highest BCUT2D eigenvalue weighted by atomic mass is 32.2. The highest BCUT2D eigenvalue weighted by Crippen LogP contribution is 2.51. The third-order valence-corrected chi connectivity index (χ3v) is 10.3. The first kappa shape index (κ1) is 26.6. The minimum atomic E-state index is -5.04. The van der Waals surface area contributed by atoms with Crippen LogP contribution in [0.3, 0.4) is 0 Å². The summed E-state index contributed by atoms with van der Waals surface area (Å²) in [7, 11) is -6.56. The first-order valence-electron chi connectivity index (χ1n) is 10.5. The van der Waals surface area contributed by atoms with Crippen LogP contribution in [0, 0.1) is 20.2 Å². The van der Waals surface area contributed by atoms with E-state index in [2.05, 4.69) is 97.7 Å². The summed E-state index contributed by atoms with van der Waals surface area (Å²) in [6, 6.07) is 34.3. The minimum Gasteiger partial charge on any atom is -0.744 e. The van der Waals surface area contributed by atoms with Gasteiger partial charge in [-0.05, 0) is 42.5 Å². The summed E-state index contributed by atoms with van der Waals surface area (Å²) in [5, 5.41) is 25.0. The Balaban J connectivity index is 0.000000207. The molecule has 0 aliphatic heterocycles. The number of hydrogen-bond donors (Lipinski definition) is 0. The molecule has 4 rings (SSSR count). The molecule has 4 aromatic carbocycles. The van der Waals surface area contributed by atoms with Gasteiger partial charge < -0.3 is 4.55 Å². The second-order valence-electron chi connectivity index (χ2n) is 7.63. The predicted octanol–water partition coefficient (Wildman–Crippen LogP) is 4.02. The monoisotopic (exact) mass is 524 g/mol. The van der Waals surface area contributed by atoms with Gasteiger partial charge in [0.2, 0.25) is 0 Å². The average molecular weight is 524 g/mol. The number of nitro benzene ring substituents is 2. The lowest BCUT2D eigenvalue weighted by molar-refractivity contribution is -0.396. The summed E-state index contributed by atoms with van der Waals surface area (Å²) < 4.78 is 31.8. The zero-order valence-electron chi connectivity index (χ0n) is 19.0. The lowest BCUT2D eigenvalue weighted by Gasteiger charge is -2.22. The van der Waals surface area contributed by atoms with Crippen molar-refractivity contribution in [1.82, 2.24) is 0 Å². The van der Waals surface area contributed by atoms with Gasteiger partial charge in [0.05, 0.1) is 22.6 Å². The van der Waals surface area contributed by atoms with Crippen molar-refractivity contribution in [1.29, 1.82) is 0 Å². The Bertz CT molecular complexity index is 1370. The first-order chi connectivity index (χ1) is 17.0. The molecule has 9 nitrogen and oxygen atoms in total. The largest absolute Gasteiger partial charge is 0.744 e. The van der Waals surface area contributed by atoms with Gasteiger partial charge in [-0.3, -0.25) is 20.2 Å². The topological polar surface area (TPSA) is 143 Å². The Hall–Kier alpha value is -3.98. The number of rotatable bonds is 6. The molecule has 0 saturated carbocycles. The van der Waals surface area contributed by atoms with Crippen LogP contribution in [-0.4, -0.2) is 29.5 Å². The molecule has 0 saturated heterocycles. The lowest BCUT2D eigenvalue weighted by Crippen LogP contribution is -2.30. The first-order valence-corrected chi connectivity index (χ1v) is 14.1. The second kappa shape index (κ2) is 11.2. The van der Waals surface area contributed by atoms with Crippen LogP contribution < -0.4 is 15.9 Å². The summed E-state index contributed by atoms with van der Waals surface area (Å²) in [4.78, 5) is 17.5. The maximum absolute atomic E-state index is 10.6. The molecule has 36 heavy (non-hydrogen) atoms. The summed E-state index contributed by atoms with van der Waals surface area (Å²) in [5.74, 6) is 0. The Morgan fingerprint density at radius 2 is 1.03 bits per heavy atom. The number of nitro groups is 2. The van der Waals surface area contributed by atoms with Crippen molar-refractivity contribution >= 4 is 44.7 Å². The van der Waals surface area contributed by atoms with Gasteiger partial charge in [0.1, 0.15) is 38.2 Å². The normalized spacial score (nSPS) is 11.2. The van der Waals surface area contributed by atoms with Crippen molar-refractivity contribution in [3.8, 4) is 0 Å². The average Bonchev–Trinajstić information content (AvgIpc) is 2.89. The van der Waals surface area contributed by atoms with Gasteiger partial charge >= 0.3 is 0 Å². The molecule has 0 unspecified atom stereocenters. The molecule has 11 heteroatoms. The smallest absolute Gasteiger partial charge is 0.293 e. The van der Waals surface area contributed by atoms with Crippen molar-refractivity contribution in [3.05, 3.63) is 129 Å². The van der Waals surface area contributed by atoms with Crippen LogP contribution in [0.5, 0.6) is 0 Å². The van der Waals surface area contributed by atoms with Gasteiger partial charge in [-0.25, -0.2) is 8.42 Å². The number of non-ortho nitro benzene ring substituents is 1. The number of benzene rings is 4. The molecule has 0 aliphatic carbocycles. The summed E-state index contributed by atoms with van der Waals surface area (Å²) >= 11 is 0. The van der Waals surface area contributed by atoms with Crippen LogP contribution in [0.15, 0.2) is 114 Å². The molecule has 0 aliphatic rings. The zero-order chi connectivity index (χ0) is 26.3. The lowest BCUT2D eigenvalue weighted by atomic mass is 10.3. The third-order valence-electron chi connectivity index (χ3n) is 5.44. The van der Waals surface area contributed by atoms with Crippen LogP contribution in [0.25, 0.3) is 0 Å². The SMILES string of the molecule is C[P+](c1ccccc1)(c1ccccc1)c1ccccc1.O=[N+]([O-])c1ccc(S(=O)(=O)[O-])c([N+](=O)[O-])c1. The molecule has 0 fully saturated rings. The van der Waals surface area contributed by atoms with Crippen molar-refractivity contribution in [2.45, 2.75) is 4.90 Å². The van der Waals surface area contributed by atoms with Crippen molar-refractivity contribution < 1.29 is 22.8 Å². The Morgan fingerprint density at radius 3 is 1.33 bits per heavy atom. The Kier molecular flexibility index (Phi) is 8.26. The van der Waals surface area contributed by atoms with Gasteiger partial charge in [-0.1, -0.05) is 54.6 Å². The molecule has 0 spiro atoms. The minimum absolute atomic E-state index is 0.421. The van der Waals surface area contributed by atoms with Crippen molar-refractivity contribution in [3.63, 3.8) is 0 Å². The molecule has 0 radical (unpaired) electrons. The van der Waals surface area contributed by atoms with E-state index < -0.39 is 43.5 Å². The molecule has 0 heterocycles. The van der Waals surface area contributed by atoms with E-state index in [1.807, 2.05) is 0 Å². The third kappa shape index (κ3) is 5.98. The predicted molar refractivity (Wildman–Crippen MR) is 139 cm³/mol. The van der Waals surface area contributed by atoms with Crippen LogP contribution in [0.4, 0.5) is 11.4 Å². The van der Waals surface area contributed by atoms with E-state index in [0.717, 1.165) is 0 Å². The summed E-state index contributed by atoms with van der Waals surface area (Å²) in [5.41, 5.74) is -1.77. The second-order valence-corrected chi connectivity index (χ2v) is 12.5. The molecular weight excluding hydrogens is 503 g/mol. The zero-order valence-corrected chi connectivity index (χ0v) is 20.7. The fraction of sp³-hybridized carbons (Fsp3) is 0.0400. The van der Waals surface area contributed by atoms with Crippen LogP contribution >= 0.6 is 7.26 Å². The number of nitrogens with zero attached hydrogens (tertiary/aromatic N) is 2. The number of hydrogen-bond acceptors (Lipinski definition) is 7. The van der Waals surface area contributed by atoms with Crippen LogP contribution in [0.1, 0.15) is 0 Å². The Morgan fingerprint density at radius 1 is 0.639 bits per heavy atom. The molecule has 0 N–H and O–H groups in total. The van der Waals surface area contributed by atoms with Gasteiger partial charge in [-0.15, -0.1) is 0 Å². The van der Waals surface area contributed by atoms with Crippen LogP contribution in [0.2, 0.25) is 0 Å². The van der Waals surface area contributed by atoms with E-state index in [4.69, 9.17) is 0 Å². The van der Waals surface area contributed by atoms with E-state index in [9.17, 15) is 33.2 Å². The van der Waals surface area contributed by atoms with Gasteiger partial charge in [0, 0.05) is 6.07 Å². The van der Waals surface area contributed by atoms with E-state index in [0.29, 0.717) is 18.2 Å². The maximum Gasteiger partial charge on any atom is 0.293 e. The standard InChI is InChI=1S/C19H18P.C6H4N2O7S/c1-20(17-11-5-2-6-12-17,18-13-7-3-8-14-18)19-15-9-4-10-16-19;9-7(10)4-1-2-6(16(13,14)15)5(3-4)8(11)12/h2-16H,1H3;1-3H,(H,13,14,15)/q+1;/p-1. The van der Waals surface area contributed by atoms with Gasteiger partial charge in [0.25, 0.3) is 11.4 Å². The van der Waals surface area contributed by atoms with Gasteiger partial charge in [0.15, 0.2) is 0 Å². The molecule has 0 bridgehead atoms. The quantitative estimate of drug-likeness (QED) is 0.160. The van der Waals surface area contributed by atoms with Crippen molar-refractivity contribution in [2.24, 2.45) is 0 Å². The van der Waals surface area contributed by atoms with E-state index >= 15 is 0 Å². The fourth-order valence-electron chi connectivity index (χ4n) is 3.60. The maximum atomic E-state index is 10.6. The molecule has 0 aromatic heterocycles. The molecule has 0 amide bonds. The van der Waals surface area contributed by atoms with Crippen LogP contribution in [-0.2, 0) is 10.1 Å². The fourth-order valence-corrected chi connectivity index (χ4v) is 7.42.